The van der Waals surface area contributed by atoms with E-state index in [0.717, 1.165) is 30.5 Å². The molecule has 0 radical (unpaired) electrons. The first-order valence-electron chi connectivity index (χ1n) is 11.0. The smallest absolute Gasteiger partial charge is 0.336 e. The summed E-state index contributed by atoms with van der Waals surface area (Å²) in [5, 5.41) is 3.67. The molecule has 0 atom stereocenters. The topological polar surface area (TPSA) is 71.8 Å². The number of para-hydroxylation sites is 1. The Hall–Kier alpha value is -4.06. The van der Waals surface area contributed by atoms with Crippen molar-refractivity contribution in [2.24, 2.45) is 0 Å². The van der Waals surface area contributed by atoms with Crippen LogP contribution in [0, 0.1) is 0 Å². The third-order valence-electron chi connectivity index (χ3n) is 5.83. The van der Waals surface area contributed by atoms with Gasteiger partial charge >= 0.3 is 5.63 Å². The SMILES string of the molecule is O=C(COc1ccc2ccc(=O)oc2c1)NCc1ccc(CN2CCc3ccccc32)cc1. The molecule has 33 heavy (non-hydrogen) atoms. The Labute approximate surface area is 191 Å². The van der Waals surface area contributed by atoms with Gasteiger partial charge in [0.25, 0.3) is 5.91 Å². The first-order chi connectivity index (χ1) is 16.1. The van der Waals surface area contributed by atoms with E-state index in [9.17, 15) is 9.59 Å². The summed E-state index contributed by atoms with van der Waals surface area (Å²) in [6.07, 6.45) is 1.09. The molecule has 0 saturated heterocycles. The predicted octanol–water partition coefficient (Wildman–Crippen LogP) is 4.05. The van der Waals surface area contributed by atoms with Crippen molar-refractivity contribution < 1.29 is 13.9 Å². The molecule has 6 heteroatoms. The Balaban J connectivity index is 1.11. The second-order valence-corrected chi connectivity index (χ2v) is 8.14. The number of carbonyl (C=O) groups excluding carboxylic acids is 1. The number of rotatable bonds is 7. The maximum atomic E-state index is 12.2. The van der Waals surface area contributed by atoms with Crippen molar-refractivity contribution in [3.63, 3.8) is 0 Å². The highest BCUT2D eigenvalue weighted by molar-refractivity contribution is 5.79. The molecule has 2 heterocycles. The number of fused-ring (bicyclic) bond motifs is 2. The summed E-state index contributed by atoms with van der Waals surface area (Å²) in [5.74, 6) is 0.252. The number of amides is 1. The Bertz CT molecular complexity index is 1340. The molecule has 0 fully saturated rings. The molecule has 1 amide bonds. The van der Waals surface area contributed by atoms with Crippen LogP contribution < -0.4 is 20.6 Å². The Morgan fingerprint density at radius 3 is 2.64 bits per heavy atom. The maximum Gasteiger partial charge on any atom is 0.336 e. The number of nitrogens with one attached hydrogen (secondary N) is 1. The van der Waals surface area contributed by atoms with E-state index in [2.05, 4.69) is 46.6 Å². The van der Waals surface area contributed by atoms with Gasteiger partial charge in [-0.25, -0.2) is 4.79 Å². The first kappa shape index (κ1) is 20.8. The first-order valence-corrected chi connectivity index (χ1v) is 11.0. The van der Waals surface area contributed by atoms with Gasteiger partial charge in [-0.05, 0) is 47.4 Å². The Morgan fingerprint density at radius 2 is 1.76 bits per heavy atom. The molecule has 0 spiro atoms. The summed E-state index contributed by atoms with van der Waals surface area (Å²) >= 11 is 0. The fourth-order valence-electron chi connectivity index (χ4n) is 4.09. The van der Waals surface area contributed by atoms with Crippen molar-refractivity contribution in [1.82, 2.24) is 5.32 Å². The normalized spacial score (nSPS) is 12.5. The molecule has 1 aromatic heterocycles. The molecule has 1 N–H and O–H groups in total. The molecule has 0 aliphatic carbocycles. The van der Waals surface area contributed by atoms with Crippen molar-refractivity contribution in [3.05, 3.63) is 106 Å². The lowest BCUT2D eigenvalue weighted by molar-refractivity contribution is -0.123. The molecule has 4 aromatic rings. The highest BCUT2D eigenvalue weighted by Gasteiger charge is 2.18. The number of ether oxygens (including phenoxy) is 1. The number of benzene rings is 3. The summed E-state index contributed by atoms with van der Waals surface area (Å²) in [5.41, 5.74) is 5.01. The van der Waals surface area contributed by atoms with Crippen LogP contribution in [0.15, 0.2) is 88.1 Å². The van der Waals surface area contributed by atoms with Gasteiger partial charge in [-0.3, -0.25) is 4.79 Å². The third kappa shape index (κ3) is 4.90. The largest absolute Gasteiger partial charge is 0.484 e. The lowest BCUT2D eigenvalue weighted by Crippen LogP contribution is -2.28. The van der Waals surface area contributed by atoms with Gasteiger partial charge in [0.1, 0.15) is 11.3 Å². The van der Waals surface area contributed by atoms with Crippen LogP contribution in [0.3, 0.4) is 0 Å². The summed E-state index contributed by atoms with van der Waals surface area (Å²) < 4.78 is 10.7. The minimum absolute atomic E-state index is 0.116. The van der Waals surface area contributed by atoms with Crippen LogP contribution in [0.5, 0.6) is 5.75 Å². The van der Waals surface area contributed by atoms with Crippen LogP contribution in [0.25, 0.3) is 11.0 Å². The Kier molecular flexibility index (Phi) is 5.81. The molecule has 5 rings (SSSR count). The molecule has 3 aromatic carbocycles. The molecular formula is C27H24N2O4. The second kappa shape index (κ2) is 9.20. The van der Waals surface area contributed by atoms with Crippen molar-refractivity contribution in [2.45, 2.75) is 19.5 Å². The highest BCUT2D eigenvalue weighted by atomic mass is 16.5. The van der Waals surface area contributed by atoms with Crippen LogP contribution >= 0.6 is 0 Å². The minimum Gasteiger partial charge on any atom is -0.484 e. The zero-order chi connectivity index (χ0) is 22.6. The number of hydrogen-bond acceptors (Lipinski definition) is 5. The van der Waals surface area contributed by atoms with Crippen molar-refractivity contribution in [3.8, 4) is 5.75 Å². The second-order valence-electron chi connectivity index (χ2n) is 8.14. The lowest BCUT2D eigenvalue weighted by atomic mass is 10.1. The van der Waals surface area contributed by atoms with Gasteiger partial charge in [-0.2, -0.15) is 0 Å². The predicted molar refractivity (Wildman–Crippen MR) is 127 cm³/mol. The minimum atomic E-state index is -0.423. The number of anilines is 1. The zero-order valence-electron chi connectivity index (χ0n) is 18.1. The van der Waals surface area contributed by atoms with E-state index in [0.29, 0.717) is 17.9 Å². The number of carbonyl (C=O) groups is 1. The van der Waals surface area contributed by atoms with E-state index < -0.39 is 5.63 Å². The number of hydrogen-bond donors (Lipinski definition) is 1. The van der Waals surface area contributed by atoms with Crippen LogP contribution in [-0.4, -0.2) is 19.1 Å². The van der Waals surface area contributed by atoms with Crippen LogP contribution in [0.4, 0.5) is 5.69 Å². The van der Waals surface area contributed by atoms with E-state index in [-0.39, 0.29) is 12.5 Å². The summed E-state index contributed by atoms with van der Waals surface area (Å²) in [4.78, 5) is 26.0. The summed E-state index contributed by atoms with van der Waals surface area (Å²) in [6, 6.07) is 25.1. The van der Waals surface area contributed by atoms with E-state index >= 15 is 0 Å². The maximum absolute atomic E-state index is 12.2. The fraction of sp³-hybridized carbons (Fsp3) is 0.185. The average molecular weight is 440 g/mol. The number of nitrogens with zero attached hydrogens (tertiary/aromatic N) is 1. The molecule has 166 valence electrons. The fourth-order valence-corrected chi connectivity index (χ4v) is 4.09. The van der Waals surface area contributed by atoms with E-state index in [1.165, 1.54) is 22.9 Å². The quantitative estimate of drug-likeness (QED) is 0.439. The van der Waals surface area contributed by atoms with Crippen LogP contribution in [0.1, 0.15) is 16.7 Å². The molecule has 0 unspecified atom stereocenters. The van der Waals surface area contributed by atoms with Gasteiger partial charge in [-0.15, -0.1) is 0 Å². The van der Waals surface area contributed by atoms with Crippen LogP contribution in [0.2, 0.25) is 0 Å². The van der Waals surface area contributed by atoms with Gasteiger partial charge in [-0.1, -0.05) is 42.5 Å². The average Bonchev–Trinajstić information content (AvgIpc) is 3.25. The van der Waals surface area contributed by atoms with E-state index in [1.807, 2.05) is 12.1 Å². The molecule has 6 nitrogen and oxygen atoms in total. The molecule has 0 saturated carbocycles. The van der Waals surface area contributed by atoms with Gasteiger partial charge in [0, 0.05) is 42.8 Å². The lowest BCUT2D eigenvalue weighted by Gasteiger charge is -2.19. The van der Waals surface area contributed by atoms with Gasteiger partial charge in [0.15, 0.2) is 6.61 Å². The van der Waals surface area contributed by atoms with Gasteiger partial charge in [0.05, 0.1) is 0 Å². The molecule has 0 bridgehead atoms. The van der Waals surface area contributed by atoms with Gasteiger partial charge < -0.3 is 19.4 Å². The molecular weight excluding hydrogens is 416 g/mol. The van der Waals surface area contributed by atoms with Gasteiger partial charge in [0.2, 0.25) is 0 Å². The van der Waals surface area contributed by atoms with Crippen molar-refractivity contribution in [2.75, 3.05) is 18.1 Å². The summed E-state index contributed by atoms with van der Waals surface area (Å²) in [6.45, 7) is 2.24. The van der Waals surface area contributed by atoms with Crippen molar-refractivity contribution in [1.29, 1.82) is 0 Å². The summed E-state index contributed by atoms with van der Waals surface area (Å²) in [7, 11) is 0. The third-order valence-corrected chi connectivity index (χ3v) is 5.83. The van der Waals surface area contributed by atoms with Crippen LogP contribution in [-0.2, 0) is 24.3 Å². The highest BCUT2D eigenvalue weighted by Crippen LogP contribution is 2.28. The zero-order valence-corrected chi connectivity index (χ0v) is 18.1. The van der Waals surface area contributed by atoms with E-state index in [1.54, 1.807) is 24.3 Å². The monoisotopic (exact) mass is 440 g/mol. The standard InChI is InChI=1S/C27H24N2O4/c30-26(18-32-23-11-9-22-10-12-27(31)33-25(22)15-23)28-16-19-5-7-20(8-6-19)17-29-14-13-21-3-1-2-4-24(21)29/h1-12,15H,13-14,16-18H2,(H,28,30). The van der Waals surface area contributed by atoms with Crippen molar-refractivity contribution >= 4 is 22.6 Å². The molecule has 1 aliphatic heterocycles. The van der Waals surface area contributed by atoms with E-state index in [4.69, 9.17) is 9.15 Å². The Morgan fingerprint density at radius 1 is 0.970 bits per heavy atom. The molecule has 1 aliphatic rings.